The minimum atomic E-state index is 0.789. The SMILES string of the molecule is CCCCCc1cnc(-c2ccc(OCCCC3CCC(C)CC3)cc2)nc1. The maximum absolute atomic E-state index is 5.94. The number of ether oxygens (including phenoxy) is 1. The molecule has 0 unspecified atom stereocenters. The van der Waals surface area contributed by atoms with Crippen LogP contribution in [-0.2, 0) is 6.42 Å². The van der Waals surface area contributed by atoms with E-state index in [0.29, 0.717) is 0 Å². The lowest BCUT2D eigenvalue weighted by Gasteiger charge is -2.25. The van der Waals surface area contributed by atoms with E-state index >= 15 is 0 Å². The van der Waals surface area contributed by atoms with Gasteiger partial charge in [0.15, 0.2) is 5.82 Å². The van der Waals surface area contributed by atoms with Crippen molar-refractivity contribution in [2.75, 3.05) is 6.61 Å². The summed E-state index contributed by atoms with van der Waals surface area (Å²) in [6.45, 7) is 5.43. The second-order valence-corrected chi connectivity index (χ2v) is 8.51. The number of hydrogen-bond acceptors (Lipinski definition) is 3. The number of rotatable bonds is 10. The van der Waals surface area contributed by atoms with E-state index in [4.69, 9.17) is 4.74 Å². The summed E-state index contributed by atoms with van der Waals surface area (Å²) < 4.78 is 5.94. The predicted octanol–water partition coefficient (Wildman–Crippen LogP) is 6.86. The van der Waals surface area contributed by atoms with Crippen molar-refractivity contribution < 1.29 is 4.74 Å². The van der Waals surface area contributed by atoms with Crippen LogP contribution in [-0.4, -0.2) is 16.6 Å². The van der Waals surface area contributed by atoms with Crippen molar-refractivity contribution in [1.29, 1.82) is 0 Å². The van der Waals surface area contributed by atoms with Gasteiger partial charge in [0.1, 0.15) is 5.75 Å². The molecule has 0 atom stereocenters. The molecule has 28 heavy (non-hydrogen) atoms. The molecule has 3 rings (SSSR count). The van der Waals surface area contributed by atoms with Crippen LogP contribution in [0.5, 0.6) is 5.75 Å². The number of hydrogen-bond donors (Lipinski definition) is 0. The minimum Gasteiger partial charge on any atom is -0.494 e. The second kappa shape index (κ2) is 11.2. The average molecular weight is 381 g/mol. The highest BCUT2D eigenvalue weighted by molar-refractivity contribution is 5.55. The van der Waals surface area contributed by atoms with Gasteiger partial charge >= 0.3 is 0 Å². The van der Waals surface area contributed by atoms with Gasteiger partial charge in [-0.3, -0.25) is 0 Å². The lowest BCUT2D eigenvalue weighted by molar-refractivity contribution is 0.245. The van der Waals surface area contributed by atoms with E-state index in [9.17, 15) is 0 Å². The van der Waals surface area contributed by atoms with E-state index in [-0.39, 0.29) is 0 Å². The Bertz CT molecular complexity index is 673. The zero-order valence-corrected chi connectivity index (χ0v) is 17.7. The van der Waals surface area contributed by atoms with Crippen molar-refractivity contribution in [3.05, 3.63) is 42.2 Å². The molecule has 1 heterocycles. The molecule has 1 aromatic carbocycles. The van der Waals surface area contributed by atoms with Crippen molar-refractivity contribution in [3.8, 4) is 17.1 Å². The normalized spacial score (nSPS) is 19.5. The number of nitrogens with zero attached hydrogens (tertiary/aromatic N) is 2. The van der Waals surface area contributed by atoms with Gasteiger partial charge in [-0.1, -0.05) is 52.4 Å². The highest BCUT2D eigenvalue weighted by Crippen LogP contribution is 2.31. The van der Waals surface area contributed by atoms with Crippen LogP contribution in [0, 0.1) is 11.8 Å². The van der Waals surface area contributed by atoms with E-state index in [1.54, 1.807) is 0 Å². The number of aromatic nitrogens is 2. The average Bonchev–Trinajstić information content (AvgIpc) is 2.74. The fourth-order valence-electron chi connectivity index (χ4n) is 4.09. The van der Waals surface area contributed by atoms with Gasteiger partial charge in [-0.25, -0.2) is 9.97 Å². The summed E-state index contributed by atoms with van der Waals surface area (Å²) in [6.07, 6.45) is 16.8. The maximum atomic E-state index is 5.94. The summed E-state index contributed by atoms with van der Waals surface area (Å²) in [6, 6.07) is 8.19. The van der Waals surface area contributed by atoms with E-state index in [2.05, 4.69) is 35.9 Å². The summed E-state index contributed by atoms with van der Waals surface area (Å²) in [4.78, 5) is 9.08. The summed E-state index contributed by atoms with van der Waals surface area (Å²) in [5, 5.41) is 0. The first-order valence-electron chi connectivity index (χ1n) is 11.3. The molecule has 0 amide bonds. The van der Waals surface area contributed by atoms with Gasteiger partial charge in [0.25, 0.3) is 0 Å². The number of benzene rings is 1. The molecule has 0 aliphatic heterocycles. The Morgan fingerprint density at radius 1 is 0.929 bits per heavy atom. The largest absolute Gasteiger partial charge is 0.494 e. The van der Waals surface area contributed by atoms with Gasteiger partial charge in [-0.15, -0.1) is 0 Å². The van der Waals surface area contributed by atoms with E-state index in [0.717, 1.165) is 48.4 Å². The molecule has 3 heteroatoms. The second-order valence-electron chi connectivity index (χ2n) is 8.51. The monoisotopic (exact) mass is 380 g/mol. The van der Waals surface area contributed by atoms with E-state index < -0.39 is 0 Å². The highest BCUT2D eigenvalue weighted by atomic mass is 16.5. The standard InChI is InChI=1S/C25H36N2O/c1-3-4-5-7-22-18-26-25(27-19-22)23-13-15-24(16-14-23)28-17-6-8-21-11-9-20(2)10-12-21/h13-16,18-21H,3-12,17H2,1-2H3. The molecule has 1 fully saturated rings. The van der Waals surface area contributed by atoms with Gasteiger partial charge in [0, 0.05) is 18.0 Å². The molecule has 0 saturated heterocycles. The van der Waals surface area contributed by atoms with Crippen molar-refractivity contribution in [3.63, 3.8) is 0 Å². The lowest BCUT2D eigenvalue weighted by atomic mass is 9.81. The van der Waals surface area contributed by atoms with Gasteiger partial charge in [0.05, 0.1) is 6.61 Å². The molecule has 0 radical (unpaired) electrons. The van der Waals surface area contributed by atoms with E-state index in [1.807, 2.05) is 24.5 Å². The van der Waals surface area contributed by atoms with Crippen LogP contribution >= 0.6 is 0 Å². The first kappa shape index (κ1) is 20.8. The molecule has 1 aromatic heterocycles. The van der Waals surface area contributed by atoms with Crippen LogP contribution in [0.1, 0.15) is 77.2 Å². The maximum Gasteiger partial charge on any atom is 0.159 e. The van der Waals surface area contributed by atoms with Gasteiger partial charge < -0.3 is 4.74 Å². The van der Waals surface area contributed by atoms with Crippen LogP contribution in [0.3, 0.4) is 0 Å². The topological polar surface area (TPSA) is 35.0 Å². The molecule has 1 saturated carbocycles. The Balaban J connectivity index is 1.40. The van der Waals surface area contributed by atoms with Crippen LogP contribution in [0.2, 0.25) is 0 Å². The van der Waals surface area contributed by atoms with Gasteiger partial charge in [-0.2, -0.15) is 0 Å². The minimum absolute atomic E-state index is 0.789. The predicted molar refractivity (Wildman–Crippen MR) is 117 cm³/mol. The Hall–Kier alpha value is -1.90. The summed E-state index contributed by atoms with van der Waals surface area (Å²) in [5.41, 5.74) is 2.27. The van der Waals surface area contributed by atoms with Crippen LogP contribution < -0.4 is 4.74 Å². The highest BCUT2D eigenvalue weighted by Gasteiger charge is 2.17. The smallest absolute Gasteiger partial charge is 0.159 e. The number of unbranched alkanes of at least 4 members (excludes halogenated alkanes) is 2. The fraction of sp³-hybridized carbons (Fsp3) is 0.600. The molecule has 1 aliphatic rings. The third kappa shape index (κ3) is 6.61. The van der Waals surface area contributed by atoms with E-state index in [1.165, 1.54) is 56.9 Å². The van der Waals surface area contributed by atoms with Crippen molar-refractivity contribution in [1.82, 2.24) is 9.97 Å². The molecule has 0 N–H and O–H groups in total. The molecule has 3 nitrogen and oxygen atoms in total. The molecule has 1 aliphatic carbocycles. The van der Waals surface area contributed by atoms with Crippen LogP contribution in [0.15, 0.2) is 36.7 Å². The Morgan fingerprint density at radius 3 is 2.32 bits per heavy atom. The molecule has 152 valence electrons. The molecule has 2 aromatic rings. The molecule has 0 bridgehead atoms. The van der Waals surface area contributed by atoms with Crippen molar-refractivity contribution >= 4 is 0 Å². The van der Waals surface area contributed by atoms with Crippen LogP contribution in [0.25, 0.3) is 11.4 Å². The fourth-order valence-corrected chi connectivity index (χ4v) is 4.09. The zero-order valence-electron chi connectivity index (χ0n) is 17.7. The quantitative estimate of drug-likeness (QED) is 0.422. The summed E-state index contributed by atoms with van der Waals surface area (Å²) >= 11 is 0. The number of aryl methyl sites for hydroxylation is 1. The molecular formula is C25H36N2O. The summed E-state index contributed by atoms with van der Waals surface area (Å²) in [7, 11) is 0. The van der Waals surface area contributed by atoms with Gasteiger partial charge in [-0.05, 0) is 67.3 Å². The van der Waals surface area contributed by atoms with Crippen LogP contribution in [0.4, 0.5) is 0 Å². The Kier molecular flexibility index (Phi) is 8.32. The van der Waals surface area contributed by atoms with Gasteiger partial charge in [0.2, 0.25) is 0 Å². The third-order valence-electron chi connectivity index (χ3n) is 6.05. The van der Waals surface area contributed by atoms with Crippen molar-refractivity contribution in [2.24, 2.45) is 11.8 Å². The van der Waals surface area contributed by atoms with Crippen molar-refractivity contribution in [2.45, 2.75) is 78.1 Å². The molecular weight excluding hydrogens is 344 g/mol. The first-order chi connectivity index (χ1) is 13.7. The zero-order chi connectivity index (χ0) is 19.6. The Morgan fingerprint density at radius 2 is 1.64 bits per heavy atom. The summed E-state index contributed by atoms with van der Waals surface area (Å²) in [5.74, 6) is 3.59. The third-order valence-corrected chi connectivity index (χ3v) is 6.05. The molecule has 0 spiro atoms. The Labute approximate surface area is 171 Å². The lowest BCUT2D eigenvalue weighted by Crippen LogP contribution is -2.13. The first-order valence-corrected chi connectivity index (χ1v) is 11.3.